The van der Waals surface area contributed by atoms with Gasteiger partial charge in [0.1, 0.15) is 11.4 Å². The summed E-state index contributed by atoms with van der Waals surface area (Å²) >= 11 is 0. The molecule has 1 aliphatic heterocycles. The molecule has 0 bridgehead atoms. The molecule has 24 heavy (non-hydrogen) atoms. The first kappa shape index (κ1) is 16.3. The number of aromatic carboxylic acids is 1. The second-order valence-corrected chi connectivity index (χ2v) is 5.55. The molecule has 9 heteroatoms. The van der Waals surface area contributed by atoms with Crippen molar-refractivity contribution >= 4 is 11.8 Å². The number of nitrogens with zero attached hydrogens (tertiary/aromatic N) is 3. The molecule has 128 valence electrons. The Labute approximate surface area is 135 Å². The highest BCUT2D eigenvalue weighted by molar-refractivity contribution is 5.88. The van der Waals surface area contributed by atoms with Gasteiger partial charge in [-0.2, -0.15) is 18.3 Å². The summed E-state index contributed by atoms with van der Waals surface area (Å²) in [5, 5.41) is 15.4. The Kier molecular flexibility index (Phi) is 4.16. The second kappa shape index (κ2) is 6.14. The number of pyridine rings is 1. The van der Waals surface area contributed by atoms with E-state index in [4.69, 9.17) is 5.11 Å². The molecule has 0 fully saturated rings. The van der Waals surface area contributed by atoms with Crippen molar-refractivity contribution in [1.29, 1.82) is 0 Å². The third kappa shape index (κ3) is 3.34. The van der Waals surface area contributed by atoms with Gasteiger partial charge in [0, 0.05) is 31.4 Å². The maximum absolute atomic E-state index is 12.8. The number of alkyl halides is 3. The predicted octanol–water partition coefficient (Wildman–Crippen LogP) is 2.60. The molecular formula is C15H15F3N4O2. The number of carboxylic acid groups (broad SMARTS) is 1. The SMILES string of the molecule is O=C(O)c1cn(CCc2ccc3c(n2)NCCC3)nc1C(F)(F)F. The fourth-order valence-electron chi connectivity index (χ4n) is 2.64. The fourth-order valence-corrected chi connectivity index (χ4v) is 2.64. The van der Waals surface area contributed by atoms with E-state index < -0.39 is 23.4 Å². The van der Waals surface area contributed by atoms with Crippen LogP contribution in [0.1, 0.15) is 33.7 Å². The number of fused-ring (bicyclic) bond motifs is 1. The zero-order valence-electron chi connectivity index (χ0n) is 12.6. The fraction of sp³-hybridized carbons (Fsp3) is 0.400. The van der Waals surface area contributed by atoms with Gasteiger partial charge in [0.05, 0.1) is 0 Å². The van der Waals surface area contributed by atoms with Crippen molar-refractivity contribution in [3.63, 3.8) is 0 Å². The highest BCUT2D eigenvalue weighted by Crippen LogP contribution is 2.30. The summed E-state index contributed by atoms with van der Waals surface area (Å²) in [6.07, 6.45) is -1.55. The van der Waals surface area contributed by atoms with Crippen LogP contribution >= 0.6 is 0 Å². The summed E-state index contributed by atoms with van der Waals surface area (Å²) in [5.41, 5.74) is -0.390. The molecule has 0 aliphatic carbocycles. The third-order valence-electron chi connectivity index (χ3n) is 3.81. The average molecular weight is 340 g/mol. The molecule has 1 aliphatic rings. The van der Waals surface area contributed by atoms with Crippen LogP contribution in [0.4, 0.5) is 19.0 Å². The highest BCUT2D eigenvalue weighted by Gasteiger charge is 2.39. The van der Waals surface area contributed by atoms with E-state index in [-0.39, 0.29) is 6.54 Å². The minimum absolute atomic E-state index is 0.113. The molecule has 0 radical (unpaired) electrons. The molecule has 0 saturated heterocycles. The maximum atomic E-state index is 12.8. The lowest BCUT2D eigenvalue weighted by Crippen LogP contribution is -2.14. The summed E-state index contributed by atoms with van der Waals surface area (Å²) in [7, 11) is 0. The normalized spacial score (nSPS) is 14.1. The number of carboxylic acids is 1. The van der Waals surface area contributed by atoms with Crippen molar-refractivity contribution in [2.45, 2.75) is 32.0 Å². The Bertz CT molecular complexity index is 771. The molecule has 0 unspecified atom stereocenters. The van der Waals surface area contributed by atoms with Crippen LogP contribution in [0.25, 0.3) is 0 Å². The van der Waals surface area contributed by atoms with Gasteiger partial charge < -0.3 is 10.4 Å². The van der Waals surface area contributed by atoms with E-state index in [0.717, 1.165) is 41.6 Å². The van der Waals surface area contributed by atoms with Crippen molar-refractivity contribution in [2.24, 2.45) is 0 Å². The second-order valence-electron chi connectivity index (χ2n) is 5.55. The minimum atomic E-state index is -4.80. The van der Waals surface area contributed by atoms with Crippen LogP contribution in [0.2, 0.25) is 0 Å². The number of hydrogen-bond donors (Lipinski definition) is 2. The van der Waals surface area contributed by atoms with Crippen molar-refractivity contribution in [2.75, 3.05) is 11.9 Å². The van der Waals surface area contributed by atoms with Gasteiger partial charge in [0.2, 0.25) is 0 Å². The Morgan fingerprint density at radius 1 is 1.38 bits per heavy atom. The highest BCUT2D eigenvalue weighted by atomic mass is 19.4. The van der Waals surface area contributed by atoms with Crippen LogP contribution in [0, 0.1) is 0 Å². The molecule has 0 saturated carbocycles. The third-order valence-corrected chi connectivity index (χ3v) is 3.81. The van der Waals surface area contributed by atoms with E-state index in [0.29, 0.717) is 12.1 Å². The molecule has 2 N–H and O–H groups in total. The van der Waals surface area contributed by atoms with Gasteiger partial charge in [-0.05, 0) is 24.5 Å². The molecule has 2 aromatic heterocycles. The van der Waals surface area contributed by atoms with Crippen LogP contribution in [0.5, 0.6) is 0 Å². The number of nitrogens with one attached hydrogen (secondary N) is 1. The van der Waals surface area contributed by atoms with E-state index in [9.17, 15) is 18.0 Å². The smallest absolute Gasteiger partial charge is 0.436 e. The molecule has 3 rings (SSSR count). The van der Waals surface area contributed by atoms with Crippen molar-refractivity contribution in [1.82, 2.24) is 14.8 Å². The standard InChI is InChI=1S/C15H15F3N4O2/c16-15(17,18)12-11(14(23)24)8-22(21-12)7-5-10-4-3-9-2-1-6-19-13(9)20-10/h3-4,8H,1-2,5-7H2,(H,19,20)(H,23,24). The Morgan fingerprint density at radius 3 is 2.83 bits per heavy atom. The van der Waals surface area contributed by atoms with Gasteiger partial charge in [-0.1, -0.05) is 6.07 Å². The first-order valence-corrected chi connectivity index (χ1v) is 7.45. The number of carbonyl (C=O) groups is 1. The summed E-state index contributed by atoms with van der Waals surface area (Å²) < 4.78 is 39.4. The molecule has 3 heterocycles. The van der Waals surface area contributed by atoms with E-state index >= 15 is 0 Å². The molecule has 6 nitrogen and oxygen atoms in total. The molecule has 0 aromatic carbocycles. The predicted molar refractivity (Wildman–Crippen MR) is 78.9 cm³/mol. The van der Waals surface area contributed by atoms with E-state index in [1.807, 2.05) is 12.1 Å². The number of halogens is 3. The van der Waals surface area contributed by atoms with Gasteiger partial charge in [0.25, 0.3) is 0 Å². The Hall–Kier alpha value is -2.58. The number of aromatic nitrogens is 3. The molecule has 0 spiro atoms. The van der Waals surface area contributed by atoms with Gasteiger partial charge in [-0.3, -0.25) is 4.68 Å². The molecule has 2 aromatic rings. The van der Waals surface area contributed by atoms with Gasteiger partial charge in [0.15, 0.2) is 5.69 Å². The number of aryl methyl sites for hydroxylation is 3. The zero-order valence-corrected chi connectivity index (χ0v) is 12.6. The van der Waals surface area contributed by atoms with Crippen LogP contribution in [0.15, 0.2) is 18.3 Å². The lowest BCUT2D eigenvalue weighted by atomic mass is 10.1. The number of anilines is 1. The van der Waals surface area contributed by atoms with E-state index in [1.165, 1.54) is 0 Å². The van der Waals surface area contributed by atoms with Crippen LogP contribution in [-0.2, 0) is 25.6 Å². The van der Waals surface area contributed by atoms with Gasteiger partial charge >= 0.3 is 12.1 Å². The Morgan fingerprint density at radius 2 is 2.17 bits per heavy atom. The van der Waals surface area contributed by atoms with Crippen molar-refractivity contribution < 1.29 is 23.1 Å². The van der Waals surface area contributed by atoms with Crippen LogP contribution in [-0.4, -0.2) is 32.4 Å². The van der Waals surface area contributed by atoms with Gasteiger partial charge in [-0.15, -0.1) is 0 Å². The summed E-state index contributed by atoms with van der Waals surface area (Å²) in [6.45, 7) is 0.960. The summed E-state index contributed by atoms with van der Waals surface area (Å²) in [6, 6.07) is 3.79. The van der Waals surface area contributed by atoms with Gasteiger partial charge in [-0.25, -0.2) is 9.78 Å². The molecular weight excluding hydrogens is 325 g/mol. The quantitative estimate of drug-likeness (QED) is 0.894. The topological polar surface area (TPSA) is 80.0 Å². The van der Waals surface area contributed by atoms with Crippen LogP contribution in [0.3, 0.4) is 0 Å². The molecule has 0 atom stereocenters. The first-order valence-electron chi connectivity index (χ1n) is 7.45. The number of rotatable bonds is 4. The van der Waals surface area contributed by atoms with Crippen molar-refractivity contribution in [3.05, 3.63) is 40.8 Å². The summed E-state index contributed by atoms with van der Waals surface area (Å²) in [4.78, 5) is 15.4. The minimum Gasteiger partial charge on any atom is -0.478 e. The monoisotopic (exact) mass is 340 g/mol. The maximum Gasteiger partial charge on any atom is 0.436 e. The number of hydrogen-bond acceptors (Lipinski definition) is 4. The average Bonchev–Trinajstić information content (AvgIpc) is 2.97. The summed E-state index contributed by atoms with van der Waals surface area (Å²) in [5.74, 6) is -0.842. The lowest BCUT2D eigenvalue weighted by molar-refractivity contribution is -0.142. The largest absolute Gasteiger partial charge is 0.478 e. The van der Waals surface area contributed by atoms with E-state index in [2.05, 4.69) is 15.4 Å². The van der Waals surface area contributed by atoms with E-state index in [1.54, 1.807) is 0 Å². The Balaban J connectivity index is 1.76. The molecule has 0 amide bonds. The first-order chi connectivity index (χ1) is 11.3. The van der Waals surface area contributed by atoms with Crippen LogP contribution < -0.4 is 5.32 Å². The lowest BCUT2D eigenvalue weighted by Gasteiger charge is -2.17. The van der Waals surface area contributed by atoms with Crippen molar-refractivity contribution in [3.8, 4) is 0 Å². The zero-order chi connectivity index (χ0) is 17.3.